The molecule has 4 heteroatoms. The third kappa shape index (κ3) is 1.60. The summed E-state index contributed by atoms with van der Waals surface area (Å²) in [6.07, 6.45) is 0. The number of hydrogen-bond acceptors (Lipinski definition) is 3. The summed E-state index contributed by atoms with van der Waals surface area (Å²) < 4.78 is 1.01. The first kappa shape index (κ1) is 9.09. The summed E-state index contributed by atoms with van der Waals surface area (Å²) >= 11 is 4.75. The Morgan fingerprint density at radius 1 is 1.54 bits per heavy atom. The number of rotatable bonds is 0. The van der Waals surface area contributed by atoms with Gasteiger partial charge in [0, 0.05) is 9.37 Å². The Labute approximate surface area is 89.2 Å². The molecule has 0 saturated carbocycles. The van der Waals surface area contributed by atoms with E-state index in [4.69, 9.17) is 0 Å². The molecule has 1 aliphatic rings. The minimum atomic E-state index is -0.101. The van der Waals surface area contributed by atoms with Crippen molar-refractivity contribution in [3.8, 4) is 0 Å². The van der Waals surface area contributed by atoms with Crippen molar-refractivity contribution in [1.29, 1.82) is 0 Å². The van der Waals surface area contributed by atoms with E-state index in [2.05, 4.69) is 21.2 Å². The monoisotopic (exact) mass is 257 g/mol. The van der Waals surface area contributed by atoms with Crippen molar-refractivity contribution < 1.29 is 4.79 Å². The molecule has 2 rings (SSSR count). The Morgan fingerprint density at radius 3 is 3.08 bits per heavy atom. The van der Waals surface area contributed by atoms with Gasteiger partial charge in [-0.3, -0.25) is 4.79 Å². The number of carbonyl (C=O) groups excluding carboxylic acids is 1. The first-order chi connectivity index (χ1) is 6.18. The molecular weight excluding hydrogens is 250 g/mol. The average Bonchev–Trinajstić information content (AvgIpc) is 2.09. The molecule has 0 amide bonds. The second kappa shape index (κ2) is 3.35. The second-order valence-electron chi connectivity index (χ2n) is 2.90. The topological polar surface area (TPSA) is 29.1 Å². The lowest BCUT2D eigenvalue weighted by Crippen LogP contribution is -2.27. The predicted octanol–water partition coefficient (Wildman–Crippen LogP) is 2.88. The van der Waals surface area contributed by atoms with Gasteiger partial charge in [-0.2, -0.15) is 0 Å². The molecule has 1 aromatic rings. The third-order valence-corrected chi connectivity index (χ3v) is 3.68. The van der Waals surface area contributed by atoms with Gasteiger partial charge in [-0.15, -0.1) is 0 Å². The summed E-state index contributed by atoms with van der Waals surface area (Å²) in [4.78, 5) is 12.4. The zero-order valence-corrected chi connectivity index (χ0v) is 9.41. The van der Waals surface area contributed by atoms with Gasteiger partial charge in [0.05, 0.1) is 11.7 Å². The normalized spacial score (nSPS) is 20.8. The van der Waals surface area contributed by atoms with Gasteiger partial charge in [0.2, 0.25) is 5.12 Å². The average molecular weight is 258 g/mol. The van der Waals surface area contributed by atoms with E-state index >= 15 is 0 Å². The number of benzene rings is 1. The van der Waals surface area contributed by atoms with Crippen LogP contribution in [0.2, 0.25) is 0 Å². The van der Waals surface area contributed by atoms with E-state index in [1.54, 1.807) is 0 Å². The highest BCUT2D eigenvalue weighted by atomic mass is 79.9. The van der Waals surface area contributed by atoms with Gasteiger partial charge in [0.25, 0.3) is 0 Å². The van der Waals surface area contributed by atoms with E-state index < -0.39 is 0 Å². The van der Waals surface area contributed by atoms with Crippen LogP contribution in [0, 0.1) is 0 Å². The zero-order chi connectivity index (χ0) is 9.42. The van der Waals surface area contributed by atoms with Gasteiger partial charge in [0.1, 0.15) is 0 Å². The van der Waals surface area contributed by atoms with E-state index in [1.807, 2.05) is 25.1 Å². The smallest absolute Gasteiger partial charge is 0.215 e. The Balaban J connectivity index is 2.48. The summed E-state index contributed by atoms with van der Waals surface area (Å²) in [6, 6.07) is 5.74. The van der Waals surface area contributed by atoms with Crippen molar-refractivity contribution in [2.24, 2.45) is 0 Å². The highest BCUT2D eigenvalue weighted by molar-refractivity contribution is 9.10. The molecule has 2 nitrogen and oxygen atoms in total. The number of thioether (sulfide) groups is 1. The number of hydrogen-bond donors (Lipinski definition) is 1. The summed E-state index contributed by atoms with van der Waals surface area (Å²) in [6.45, 7) is 1.87. The van der Waals surface area contributed by atoms with Crippen molar-refractivity contribution in [1.82, 2.24) is 0 Å². The fraction of sp³-hybridized carbons (Fsp3) is 0.222. The molecule has 0 aliphatic carbocycles. The molecule has 1 aromatic carbocycles. The van der Waals surface area contributed by atoms with Crippen LogP contribution in [0.15, 0.2) is 27.6 Å². The second-order valence-corrected chi connectivity index (χ2v) is 4.80. The van der Waals surface area contributed by atoms with Crippen LogP contribution in [0.4, 0.5) is 5.69 Å². The minimum Gasteiger partial charge on any atom is -0.373 e. The van der Waals surface area contributed by atoms with Crippen LogP contribution in [-0.4, -0.2) is 11.2 Å². The van der Waals surface area contributed by atoms with Gasteiger partial charge < -0.3 is 5.32 Å². The summed E-state index contributed by atoms with van der Waals surface area (Å²) in [5, 5.41) is 3.33. The summed E-state index contributed by atoms with van der Waals surface area (Å²) in [5.74, 6) is 0. The molecule has 1 heterocycles. The van der Waals surface area contributed by atoms with Crippen LogP contribution in [-0.2, 0) is 4.79 Å². The number of fused-ring (bicyclic) bond motifs is 1. The van der Waals surface area contributed by atoms with Crippen molar-refractivity contribution >= 4 is 38.5 Å². The molecule has 0 spiro atoms. The van der Waals surface area contributed by atoms with Crippen LogP contribution in [0.5, 0.6) is 0 Å². The molecule has 13 heavy (non-hydrogen) atoms. The molecule has 1 N–H and O–H groups in total. The van der Waals surface area contributed by atoms with Crippen LogP contribution in [0.3, 0.4) is 0 Å². The molecule has 0 bridgehead atoms. The molecule has 1 atom stereocenters. The van der Waals surface area contributed by atoms with Gasteiger partial charge in [-0.05, 0) is 46.7 Å². The van der Waals surface area contributed by atoms with Crippen molar-refractivity contribution in [3.05, 3.63) is 22.7 Å². The minimum absolute atomic E-state index is 0.101. The lowest BCUT2D eigenvalue weighted by Gasteiger charge is -2.22. The Bertz CT molecular complexity index is 367. The van der Waals surface area contributed by atoms with Gasteiger partial charge in [0.15, 0.2) is 0 Å². The molecular formula is C9H8BrNOS. The summed E-state index contributed by atoms with van der Waals surface area (Å²) in [7, 11) is 0. The zero-order valence-electron chi connectivity index (χ0n) is 7.00. The molecule has 0 saturated heterocycles. The van der Waals surface area contributed by atoms with Crippen LogP contribution < -0.4 is 5.32 Å². The standard InChI is InChI=1S/C9H8BrNOS/c1-5-9(12)13-7-4-2-3-6(10)8(7)11-5/h2-5,11H,1H3. The number of nitrogens with one attached hydrogen (secondary N) is 1. The maximum atomic E-state index is 11.4. The highest BCUT2D eigenvalue weighted by Gasteiger charge is 2.23. The first-order valence-electron chi connectivity index (χ1n) is 3.95. The largest absolute Gasteiger partial charge is 0.373 e. The van der Waals surface area contributed by atoms with E-state index in [0.29, 0.717) is 0 Å². The van der Waals surface area contributed by atoms with Crippen molar-refractivity contribution in [2.45, 2.75) is 17.9 Å². The molecule has 0 aromatic heterocycles. The molecule has 68 valence electrons. The number of carbonyl (C=O) groups is 1. The maximum absolute atomic E-state index is 11.4. The van der Waals surface area contributed by atoms with Crippen molar-refractivity contribution in [2.75, 3.05) is 5.32 Å². The highest BCUT2D eigenvalue weighted by Crippen LogP contribution is 2.38. The number of para-hydroxylation sites is 1. The van der Waals surface area contributed by atoms with Gasteiger partial charge in [-0.1, -0.05) is 6.07 Å². The third-order valence-electron chi connectivity index (χ3n) is 1.90. The van der Waals surface area contributed by atoms with Crippen molar-refractivity contribution in [3.63, 3.8) is 0 Å². The molecule has 0 fully saturated rings. The van der Waals surface area contributed by atoms with Crippen LogP contribution in [0.1, 0.15) is 6.92 Å². The fourth-order valence-electron chi connectivity index (χ4n) is 1.20. The van der Waals surface area contributed by atoms with Crippen LogP contribution >= 0.6 is 27.7 Å². The van der Waals surface area contributed by atoms with E-state index in [-0.39, 0.29) is 11.2 Å². The van der Waals surface area contributed by atoms with E-state index in [9.17, 15) is 4.79 Å². The van der Waals surface area contributed by atoms with Gasteiger partial charge >= 0.3 is 0 Å². The summed E-state index contributed by atoms with van der Waals surface area (Å²) in [5.41, 5.74) is 1.03. The Hall–Kier alpha value is -0.480. The Morgan fingerprint density at radius 2 is 2.31 bits per heavy atom. The molecule has 0 radical (unpaired) electrons. The lowest BCUT2D eigenvalue weighted by atomic mass is 10.2. The SMILES string of the molecule is CC1Nc2c(Br)cccc2SC1=O. The quantitative estimate of drug-likeness (QED) is 0.775. The van der Waals surface area contributed by atoms with Gasteiger partial charge in [-0.25, -0.2) is 0 Å². The van der Waals surface area contributed by atoms with E-state index in [1.165, 1.54) is 11.8 Å². The lowest BCUT2D eigenvalue weighted by molar-refractivity contribution is -0.111. The number of anilines is 1. The van der Waals surface area contributed by atoms with Crippen LogP contribution in [0.25, 0.3) is 0 Å². The number of halogens is 1. The van der Waals surface area contributed by atoms with E-state index in [0.717, 1.165) is 15.1 Å². The predicted molar refractivity (Wildman–Crippen MR) is 58.1 cm³/mol. The first-order valence-corrected chi connectivity index (χ1v) is 5.56. The fourth-order valence-corrected chi connectivity index (χ4v) is 2.68. The Kier molecular flexibility index (Phi) is 2.34. The molecule has 1 unspecified atom stereocenters. The maximum Gasteiger partial charge on any atom is 0.215 e. The molecule has 1 aliphatic heterocycles.